The summed E-state index contributed by atoms with van der Waals surface area (Å²) in [6, 6.07) is 3.73. The Balaban J connectivity index is 2.41. The molecule has 1 N–H and O–H groups in total. The number of carbonyl (C=O) groups excluding carboxylic acids is 1. The van der Waals surface area contributed by atoms with Gasteiger partial charge in [0.2, 0.25) is 5.78 Å². The van der Waals surface area contributed by atoms with Gasteiger partial charge in [-0.25, -0.2) is 0 Å². The Morgan fingerprint density at radius 1 is 1.71 bits per heavy atom. The van der Waals surface area contributed by atoms with Crippen LogP contribution in [0.3, 0.4) is 0 Å². The SMILES string of the molecule is CCC(C)N/C=C\C(=O)c1ccco1. The molecule has 0 aliphatic carbocycles. The minimum Gasteiger partial charge on any atom is -0.461 e. The summed E-state index contributed by atoms with van der Waals surface area (Å²) in [6.07, 6.45) is 5.66. The molecule has 3 heteroatoms. The van der Waals surface area contributed by atoms with Gasteiger partial charge in [0.1, 0.15) is 0 Å². The summed E-state index contributed by atoms with van der Waals surface area (Å²) >= 11 is 0. The molecule has 0 saturated carbocycles. The molecule has 0 aliphatic heterocycles. The molecular formula is C11H15NO2. The van der Waals surface area contributed by atoms with Gasteiger partial charge in [0.15, 0.2) is 5.76 Å². The Bertz CT molecular complexity index is 301. The van der Waals surface area contributed by atoms with Crippen LogP contribution in [0.5, 0.6) is 0 Å². The van der Waals surface area contributed by atoms with E-state index in [0.29, 0.717) is 11.8 Å². The summed E-state index contributed by atoms with van der Waals surface area (Å²) in [7, 11) is 0. The number of ketones is 1. The van der Waals surface area contributed by atoms with Crippen LogP contribution in [0.4, 0.5) is 0 Å². The first kappa shape index (κ1) is 10.6. The van der Waals surface area contributed by atoms with Crippen LogP contribution in [0.15, 0.2) is 35.1 Å². The molecule has 1 aromatic rings. The van der Waals surface area contributed by atoms with Crippen molar-refractivity contribution < 1.29 is 9.21 Å². The molecule has 0 fully saturated rings. The molecule has 0 aliphatic rings. The number of hydrogen-bond donors (Lipinski definition) is 1. The first-order valence-electron chi connectivity index (χ1n) is 4.74. The fourth-order valence-electron chi connectivity index (χ4n) is 0.907. The largest absolute Gasteiger partial charge is 0.461 e. The molecule has 1 atom stereocenters. The molecule has 1 unspecified atom stereocenters. The Morgan fingerprint density at radius 3 is 3.07 bits per heavy atom. The van der Waals surface area contributed by atoms with Crippen molar-refractivity contribution in [2.45, 2.75) is 26.3 Å². The quantitative estimate of drug-likeness (QED) is 0.576. The summed E-state index contributed by atoms with van der Waals surface area (Å²) in [5.41, 5.74) is 0. The number of rotatable bonds is 5. The molecule has 0 aromatic carbocycles. The average Bonchev–Trinajstić information content (AvgIpc) is 2.70. The van der Waals surface area contributed by atoms with Gasteiger partial charge in [-0.05, 0) is 25.5 Å². The Labute approximate surface area is 83.8 Å². The minimum atomic E-state index is -0.120. The van der Waals surface area contributed by atoms with Gasteiger partial charge in [-0.2, -0.15) is 0 Å². The number of carbonyl (C=O) groups is 1. The van der Waals surface area contributed by atoms with E-state index in [-0.39, 0.29) is 5.78 Å². The third-order valence-electron chi connectivity index (χ3n) is 1.99. The van der Waals surface area contributed by atoms with Crippen LogP contribution in [0, 0.1) is 0 Å². The van der Waals surface area contributed by atoms with E-state index in [9.17, 15) is 4.79 Å². The second-order valence-electron chi connectivity index (χ2n) is 3.15. The first-order chi connectivity index (χ1) is 6.74. The van der Waals surface area contributed by atoms with Crippen LogP contribution in [-0.4, -0.2) is 11.8 Å². The number of nitrogens with one attached hydrogen (secondary N) is 1. The number of hydrogen-bond acceptors (Lipinski definition) is 3. The minimum absolute atomic E-state index is 0.120. The molecule has 3 nitrogen and oxygen atoms in total. The fraction of sp³-hybridized carbons (Fsp3) is 0.364. The van der Waals surface area contributed by atoms with Gasteiger partial charge >= 0.3 is 0 Å². The molecule has 0 saturated heterocycles. The van der Waals surface area contributed by atoms with Gasteiger partial charge in [0.25, 0.3) is 0 Å². The maximum atomic E-state index is 11.4. The number of furan rings is 1. The molecule has 0 amide bonds. The maximum Gasteiger partial charge on any atom is 0.222 e. The topological polar surface area (TPSA) is 42.2 Å². The summed E-state index contributed by atoms with van der Waals surface area (Å²) in [4.78, 5) is 11.4. The van der Waals surface area contributed by atoms with E-state index in [1.165, 1.54) is 12.3 Å². The third-order valence-corrected chi connectivity index (χ3v) is 1.99. The number of allylic oxidation sites excluding steroid dienone is 1. The van der Waals surface area contributed by atoms with E-state index in [4.69, 9.17) is 4.42 Å². The molecular weight excluding hydrogens is 178 g/mol. The van der Waals surface area contributed by atoms with Gasteiger partial charge in [-0.1, -0.05) is 6.92 Å². The van der Waals surface area contributed by atoms with Gasteiger partial charge in [-0.15, -0.1) is 0 Å². The maximum absolute atomic E-state index is 11.4. The zero-order valence-corrected chi connectivity index (χ0v) is 8.49. The molecule has 14 heavy (non-hydrogen) atoms. The lowest BCUT2D eigenvalue weighted by molar-refractivity contribution is 0.102. The van der Waals surface area contributed by atoms with Gasteiger partial charge in [0.05, 0.1) is 6.26 Å². The summed E-state index contributed by atoms with van der Waals surface area (Å²) in [6.45, 7) is 4.14. The highest BCUT2D eigenvalue weighted by Crippen LogP contribution is 2.01. The Kier molecular flexibility index (Phi) is 3.98. The van der Waals surface area contributed by atoms with E-state index in [1.54, 1.807) is 18.3 Å². The van der Waals surface area contributed by atoms with Crippen LogP contribution < -0.4 is 5.32 Å². The normalized spacial score (nSPS) is 13.0. The van der Waals surface area contributed by atoms with Crippen molar-refractivity contribution in [3.63, 3.8) is 0 Å². The van der Waals surface area contributed by atoms with Gasteiger partial charge < -0.3 is 9.73 Å². The molecule has 76 valence electrons. The summed E-state index contributed by atoms with van der Waals surface area (Å²) in [5.74, 6) is 0.248. The third kappa shape index (κ3) is 3.09. The van der Waals surface area contributed by atoms with Crippen molar-refractivity contribution in [1.82, 2.24) is 5.32 Å². The molecule has 1 aromatic heterocycles. The lowest BCUT2D eigenvalue weighted by Gasteiger charge is -2.06. The first-order valence-corrected chi connectivity index (χ1v) is 4.74. The summed E-state index contributed by atoms with van der Waals surface area (Å²) in [5, 5.41) is 3.08. The lowest BCUT2D eigenvalue weighted by atomic mass is 10.2. The van der Waals surface area contributed by atoms with Crippen molar-refractivity contribution in [3.8, 4) is 0 Å². The van der Waals surface area contributed by atoms with E-state index in [0.717, 1.165) is 6.42 Å². The van der Waals surface area contributed by atoms with E-state index in [2.05, 4.69) is 19.2 Å². The van der Waals surface area contributed by atoms with Crippen molar-refractivity contribution in [2.75, 3.05) is 0 Å². The predicted molar refractivity (Wildman–Crippen MR) is 55.1 cm³/mol. The highest BCUT2D eigenvalue weighted by Gasteiger charge is 2.03. The second-order valence-corrected chi connectivity index (χ2v) is 3.15. The molecule has 1 heterocycles. The standard InChI is InChI=1S/C11H15NO2/c1-3-9(2)12-7-6-10(13)11-5-4-8-14-11/h4-9,12H,3H2,1-2H3/b7-6-. The van der Waals surface area contributed by atoms with Crippen molar-refractivity contribution >= 4 is 5.78 Å². The van der Waals surface area contributed by atoms with Crippen molar-refractivity contribution in [1.29, 1.82) is 0 Å². The van der Waals surface area contributed by atoms with Crippen LogP contribution in [0.2, 0.25) is 0 Å². The van der Waals surface area contributed by atoms with Crippen LogP contribution in [0.25, 0.3) is 0 Å². The zero-order chi connectivity index (χ0) is 10.4. The van der Waals surface area contributed by atoms with Crippen LogP contribution >= 0.6 is 0 Å². The molecule has 1 rings (SSSR count). The second kappa shape index (κ2) is 5.27. The van der Waals surface area contributed by atoms with Crippen molar-refractivity contribution in [3.05, 3.63) is 36.4 Å². The molecule has 0 bridgehead atoms. The highest BCUT2D eigenvalue weighted by molar-refractivity contribution is 6.02. The van der Waals surface area contributed by atoms with E-state index >= 15 is 0 Å². The lowest BCUT2D eigenvalue weighted by Crippen LogP contribution is -2.19. The van der Waals surface area contributed by atoms with Crippen LogP contribution in [-0.2, 0) is 0 Å². The summed E-state index contributed by atoms with van der Waals surface area (Å²) < 4.78 is 4.95. The fourth-order valence-corrected chi connectivity index (χ4v) is 0.907. The van der Waals surface area contributed by atoms with Gasteiger partial charge in [0, 0.05) is 18.3 Å². The van der Waals surface area contributed by atoms with Crippen molar-refractivity contribution in [2.24, 2.45) is 0 Å². The zero-order valence-electron chi connectivity index (χ0n) is 8.49. The van der Waals surface area contributed by atoms with Gasteiger partial charge in [-0.3, -0.25) is 4.79 Å². The average molecular weight is 193 g/mol. The smallest absolute Gasteiger partial charge is 0.222 e. The van der Waals surface area contributed by atoms with Crippen LogP contribution in [0.1, 0.15) is 30.8 Å². The monoisotopic (exact) mass is 193 g/mol. The highest BCUT2D eigenvalue weighted by atomic mass is 16.3. The molecule has 0 radical (unpaired) electrons. The van der Waals surface area contributed by atoms with E-state index in [1.807, 2.05) is 0 Å². The van der Waals surface area contributed by atoms with E-state index < -0.39 is 0 Å². The Hall–Kier alpha value is -1.51. The predicted octanol–water partition coefficient (Wildman–Crippen LogP) is 2.36. The molecule has 0 spiro atoms. The Morgan fingerprint density at radius 2 is 2.50 bits per heavy atom.